The molecule has 0 spiro atoms. The average molecular weight is 275 g/mol. The maximum atomic E-state index is 11.9. The van der Waals surface area contributed by atoms with Crippen molar-refractivity contribution >= 4 is 21.4 Å². The lowest BCUT2D eigenvalue weighted by atomic mass is 10.2. The molecule has 0 atom stereocenters. The Balaban J connectivity index is 2.23. The highest BCUT2D eigenvalue weighted by Crippen LogP contribution is 2.16. The van der Waals surface area contributed by atoms with E-state index < -0.39 is 9.84 Å². The van der Waals surface area contributed by atoms with Crippen LogP contribution in [0, 0.1) is 0 Å². The monoisotopic (exact) mass is 275 g/mol. The summed E-state index contributed by atoms with van der Waals surface area (Å²) in [6, 6.07) is 14.9. The number of hydrogen-bond donors (Lipinski definition) is 1. The Bertz CT molecular complexity index is 694. The van der Waals surface area contributed by atoms with Gasteiger partial charge in [-0.1, -0.05) is 24.3 Å². The lowest BCUT2D eigenvalue weighted by Crippen LogP contribution is -2.12. The molecule has 0 unspecified atom stereocenters. The molecular weight excluding hydrogens is 262 g/mol. The number of carbonyl (C=O) groups is 1. The molecule has 0 saturated carbocycles. The number of nitrogens with one attached hydrogen (secondary N) is 1. The van der Waals surface area contributed by atoms with Crippen LogP contribution in [0.15, 0.2) is 59.5 Å². The highest BCUT2D eigenvalue weighted by atomic mass is 32.2. The molecule has 0 aromatic heterocycles. The van der Waals surface area contributed by atoms with Gasteiger partial charge < -0.3 is 5.32 Å². The van der Waals surface area contributed by atoms with Crippen molar-refractivity contribution in [3.8, 4) is 0 Å². The highest BCUT2D eigenvalue weighted by molar-refractivity contribution is 7.90. The zero-order chi connectivity index (χ0) is 13.9. The molecule has 0 saturated heterocycles. The first-order valence-corrected chi connectivity index (χ1v) is 7.52. The molecule has 0 aliphatic rings. The van der Waals surface area contributed by atoms with E-state index in [1.807, 2.05) is 6.07 Å². The van der Waals surface area contributed by atoms with Gasteiger partial charge in [0.1, 0.15) is 0 Å². The number of benzene rings is 2. The molecule has 0 radical (unpaired) electrons. The Hall–Kier alpha value is -2.14. The average Bonchev–Trinajstić information content (AvgIpc) is 2.39. The fourth-order valence-electron chi connectivity index (χ4n) is 1.60. The predicted molar refractivity (Wildman–Crippen MR) is 73.9 cm³/mol. The smallest absolute Gasteiger partial charge is 0.255 e. The van der Waals surface area contributed by atoms with Gasteiger partial charge in [-0.2, -0.15) is 0 Å². The van der Waals surface area contributed by atoms with Gasteiger partial charge in [-0.15, -0.1) is 0 Å². The van der Waals surface area contributed by atoms with E-state index in [0.717, 1.165) is 6.26 Å². The lowest BCUT2D eigenvalue weighted by molar-refractivity contribution is 0.102. The second kappa shape index (κ2) is 5.24. The Morgan fingerprint density at radius 3 is 2.32 bits per heavy atom. The van der Waals surface area contributed by atoms with Crippen molar-refractivity contribution in [2.75, 3.05) is 11.6 Å². The standard InChI is InChI=1S/C14H13NO3S/c1-19(17,18)13-9-5-8-12(10-13)15-14(16)11-6-3-2-4-7-11/h2-10H,1H3,(H,15,16). The molecule has 0 fully saturated rings. The number of carbonyl (C=O) groups excluding carboxylic acids is 1. The summed E-state index contributed by atoms with van der Waals surface area (Å²) in [6.07, 6.45) is 1.13. The van der Waals surface area contributed by atoms with E-state index >= 15 is 0 Å². The molecule has 0 heterocycles. The molecule has 5 heteroatoms. The summed E-state index contributed by atoms with van der Waals surface area (Å²) in [5.74, 6) is -0.272. The van der Waals surface area contributed by atoms with Crippen LogP contribution in [0.5, 0.6) is 0 Å². The van der Waals surface area contributed by atoms with Crippen LogP contribution in [0.4, 0.5) is 5.69 Å². The van der Waals surface area contributed by atoms with E-state index in [9.17, 15) is 13.2 Å². The van der Waals surface area contributed by atoms with Crippen molar-refractivity contribution in [1.29, 1.82) is 0 Å². The number of hydrogen-bond acceptors (Lipinski definition) is 3. The fourth-order valence-corrected chi connectivity index (χ4v) is 2.26. The van der Waals surface area contributed by atoms with E-state index in [-0.39, 0.29) is 10.8 Å². The van der Waals surface area contributed by atoms with Crippen molar-refractivity contribution in [3.63, 3.8) is 0 Å². The molecule has 2 aromatic carbocycles. The van der Waals surface area contributed by atoms with Crippen LogP contribution < -0.4 is 5.32 Å². The first-order chi connectivity index (χ1) is 8.97. The SMILES string of the molecule is CS(=O)(=O)c1cccc(NC(=O)c2ccccc2)c1. The number of sulfone groups is 1. The summed E-state index contributed by atoms with van der Waals surface area (Å²) in [5.41, 5.74) is 0.976. The highest BCUT2D eigenvalue weighted by Gasteiger charge is 2.09. The molecule has 1 amide bonds. The van der Waals surface area contributed by atoms with Crippen LogP contribution in [-0.2, 0) is 9.84 Å². The molecule has 0 bridgehead atoms. The molecule has 4 nitrogen and oxygen atoms in total. The van der Waals surface area contributed by atoms with E-state index in [2.05, 4.69) is 5.32 Å². The van der Waals surface area contributed by atoms with Gasteiger partial charge in [0.05, 0.1) is 4.90 Å². The van der Waals surface area contributed by atoms with Gasteiger partial charge in [-0.05, 0) is 30.3 Å². The van der Waals surface area contributed by atoms with Crippen LogP contribution in [-0.4, -0.2) is 20.6 Å². The van der Waals surface area contributed by atoms with Crippen molar-refractivity contribution in [2.24, 2.45) is 0 Å². The first-order valence-electron chi connectivity index (χ1n) is 5.63. The van der Waals surface area contributed by atoms with E-state index in [1.165, 1.54) is 12.1 Å². The minimum Gasteiger partial charge on any atom is -0.322 e. The van der Waals surface area contributed by atoms with E-state index in [4.69, 9.17) is 0 Å². The molecule has 1 N–H and O–H groups in total. The van der Waals surface area contributed by atoms with Crippen molar-refractivity contribution in [3.05, 3.63) is 60.2 Å². The molecule has 98 valence electrons. The zero-order valence-corrected chi connectivity index (χ0v) is 11.1. The van der Waals surface area contributed by atoms with Gasteiger partial charge in [0.2, 0.25) is 0 Å². The maximum Gasteiger partial charge on any atom is 0.255 e. The topological polar surface area (TPSA) is 63.2 Å². The van der Waals surface area contributed by atoms with E-state index in [1.54, 1.807) is 36.4 Å². The van der Waals surface area contributed by atoms with Crippen LogP contribution in [0.2, 0.25) is 0 Å². The van der Waals surface area contributed by atoms with Gasteiger partial charge in [0, 0.05) is 17.5 Å². The molecular formula is C14H13NO3S. The summed E-state index contributed by atoms with van der Waals surface area (Å²) in [5, 5.41) is 2.67. The number of amides is 1. The minimum absolute atomic E-state index is 0.179. The van der Waals surface area contributed by atoms with Crippen LogP contribution in [0.1, 0.15) is 10.4 Å². The Morgan fingerprint density at radius 2 is 1.68 bits per heavy atom. The van der Waals surface area contributed by atoms with Crippen molar-refractivity contribution in [2.45, 2.75) is 4.90 Å². The molecule has 2 rings (SSSR count). The van der Waals surface area contributed by atoms with Gasteiger partial charge in [0.15, 0.2) is 9.84 Å². The van der Waals surface area contributed by atoms with Crippen LogP contribution in [0.25, 0.3) is 0 Å². The third-order valence-corrected chi connectivity index (χ3v) is 3.67. The third kappa shape index (κ3) is 3.42. The third-order valence-electron chi connectivity index (χ3n) is 2.56. The zero-order valence-electron chi connectivity index (χ0n) is 10.3. The van der Waals surface area contributed by atoms with Crippen LogP contribution >= 0.6 is 0 Å². The largest absolute Gasteiger partial charge is 0.322 e. The van der Waals surface area contributed by atoms with E-state index in [0.29, 0.717) is 11.3 Å². The molecule has 2 aromatic rings. The summed E-state index contributed by atoms with van der Waals surface area (Å²) in [4.78, 5) is 12.1. The van der Waals surface area contributed by atoms with Gasteiger partial charge >= 0.3 is 0 Å². The number of rotatable bonds is 3. The van der Waals surface area contributed by atoms with Gasteiger partial charge in [-0.3, -0.25) is 4.79 Å². The number of anilines is 1. The minimum atomic E-state index is -3.28. The summed E-state index contributed by atoms with van der Waals surface area (Å²) in [6.45, 7) is 0. The van der Waals surface area contributed by atoms with Crippen LogP contribution in [0.3, 0.4) is 0 Å². The Morgan fingerprint density at radius 1 is 1.00 bits per heavy atom. The predicted octanol–water partition coefficient (Wildman–Crippen LogP) is 2.34. The molecule has 0 aliphatic heterocycles. The van der Waals surface area contributed by atoms with Gasteiger partial charge in [0.25, 0.3) is 5.91 Å². The summed E-state index contributed by atoms with van der Waals surface area (Å²) >= 11 is 0. The quantitative estimate of drug-likeness (QED) is 0.935. The second-order valence-electron chi connectivity index (χ2n) is 4.12. The summed E-state index contributed by atoms with van der Waals surface area (Å²) < 4.78 is 22.9. The summed E-state index contributed by atoms with van der Waals surface area (Å²) in [7, 11) is -3.28. The Kier molecular flexibility index (Phi) is 3.66. The Labute approximate surface area is 112 Å². The molecule has 19 heavy (non-hydrogen) atoms. The normalized spacial score (nSPS) is 11.0. The van der Waals surface area contributed by atoms with Crippen molar-refractivity contribution < 1.29 is 13.2 Å². The van der Waals surface area contributed by atoms with Crippen molar-refractivity contribution in [1.82, 2.24) is 0 Å². The fraction of sp³-hybridized carbons (Fsp3) is 0.0714. The lowest BCUT2D eigenvalue weighted by Gasteiger charge is -2.06. The second-order valence-corrected chi connectivity index (χ2v) is 6.14. The first kappa shape index (κ1) is 13.3. The maximum absolute atomic E-state index is 11.9. The van der Waals surface area contributed by atoms with Gasteiger partial charge in [-0.25, -0.2) is 8.42 Å². The molecule has 0 aliphatic carbocycles.